The van der Waals surface area contributed by atoms with Gasteiger partial charge in [-0.25, -0.2) is 0 Å². The second-order valence-electron chi connectivity index (χ2n) is 4.22. The van der Waals surface area contributed by atoms with Crippen LogP contribution >= 0.6 is 38.9 Å². The fraction of sp³-hybridized carbons (Fsp3) is 0.143. The smallest absolute Gasteiger partial charge is 0.269 e. The van der Waals surface area contributed by atoms with Crippen molar-refractivity contribution < 1.29 is 9.59 Å². The summed E-state index contributed by atoms with van der Waals surface area (Å²) in [5, 5.41) is 0. The van der Waals surface area contributed by atoms with Crippen LogP contribution in [0.5, 0.6) is 0 Å². The number of hydrogen-bond acceptors (Lipinski definition) is 3. The Balaban J connectivity index is 1.75. The van der Waals surface area contributed by atoms with Crippen molar-refractivity contribution in [2.24, 2.45) is 0 Å². The molecular formula is C14H12BrClN2O2S. The van der Waals surface area contributed by atoms with Crippen LogP contribution in [-0.2, 0) is 11.2 Å². The van der Waals surface area contributed by atoms with Crippen molar-refractivity contribution in [3.05, 3.63) is 55.6 Å². The van der Waals surface area contributed by atoms with Crippen molar-refractivity contribution >= 4 is 50.7 Å². The largest absolute Gasteiger partial charge is 0.273 e. The summed E-state index contributed by atoms with van der Waals surface area (Å²) in [6.07, 6.45) is 0.884. The third-order valence-corrected chi connectivity index (χ3v) is 4.47. The third kappa shape index (κ3) is 5.15. The molecule has 0 fully saturated rings. The van der Waals surface area contributed by atoms with E-state index in [1.807, 2.05) is 6.07 Å². The summed E-state index contributed by atoms with van der Waals surface area (Å²) in [7, 11) is 0. The van der Waals surface area contributed by atoms with Gasteiger partial charge in [0.05, 0.1) is 4.34 Å². The van der Waals surface area contributed by atoms with E-state index in [0.717, 1.165) is 9.35 Å². The van der Waals surface area contributed by atoms with Gasteiger partial charge in [-0.2, -0.15) is 0 Å². The number of amides is 2. The van der Waals surface area contributed by atoms with Gasteiger partial charge >= 0.3 is 0 Å². The van der Waals surface area contributed by atoms with Gasteiger partial charge in [0.2, 0.25) is 5.91 Å². The molecule has 0 aliphatic heterocycles. The first kappa shape index (κ1) is 16.0. The van der Waals surface area contributed by atoms with Crippen LogP contribution in [0, 0.1) is 0 Å². The number of thiophene rings is 1. The highest BCUT2D eigenvalue weighted by Crippen LogP contribution is 2.22. The van der Waals surface area contributed by atoms with E-state index in [4.69, 9.17) is 11.6 Å². The molecule has 4 nitrogen and oxygen atoms in total. The van der Waals surface area contributed by atoms with Crippen LogP contribution in [0.3, 0.4) is 0 Å². The maximum absolute atomic E-state index is 11.8. The second-order valence-corrected chi connectivity index (χ2v) is 6.93. The van der Waals surface area contributed by atoms with Gasteiger partial charge in [0, 0.05) is 21.3 Å². The fourth-order valence-electron chi connectivity index (χ4n) is 1.59. The molecule has 7 heteroatoms. The average Bonchev–Trinajstić information content (AvgIpc) is 2.89. The van der Waals surface area contributed by atoms with E-state index < -0.39 is 0 Å². The number of carbonyl (C=O) groups excluding carboxylic acids is 2. The van der Waals surface area contributed by atoms with E-state index >= 15 is 0 Å². The quantitative estimate of drug-likeness (QED) is 0.788. The van der Waals surface area contributed by atoms with E-state index in [9.17, 15) is 9.59 Å². The topological polar surface area (TPSA) is 58.2 Å². The van der Waals surface area contributed by atoms with Crippen LogP contribution in [0.2, 0.25) is 4.34 Å². The summed E-state index contributed by atoms with van der Waals surface area (Å²) in [4.78, 5) is 24.5. The number of nitrogens with one attached hydrogen (secondary N) is 2. The summed E-state index contributed by atoms with van der Waals surface area (Å²) in [5.41, 5.74) is 5.25. The summed E-state index contributed by atoms with van der Waals surface area (Å²) in [5.74, 6) is -0.597. The van der Waals surface area contributed by atoms with Crippen molar-refractivity contribution in [1.29, 1.82) is 0 Å². The van der Waals surface area contributed by atoms with E-state index in [-0.39, 0.29) is 18.2 Å². The fourth-order valence-corrected chi connectivity index (χ4v) is 2.94. The number of hydrogen-bond donors (Lipinski definition) is 2. The molecule has 0 bridgehead atoms. The molecule has 0 saturated carbocycles. The number of rotatable bonds is 4. The molecule has 0 aliphatic rings. The molecule has 110 valence electrons. The lowest BCUT2D eigenvalue weighted by Gasteiger charge is -2.07. The second kappa shape index (κ2) is 7.59. The first-order valence-corrected chi connectivity index (χ1v) is 8.12. The molecule has 2 rings (SSSR count). The number of aryl methyl sites for hydroxylation is 1. The lowest BCUT2D eigenvalue weighted by atomic mass is 10.2. The molecule has 2 N–H and O–H groups in total. The van der Waals surface area contributed by atoms with Gasteiger partial charge in [0.25, 0.3) is 5.91 Å². The van der Waals surface area contributed by atoms with Crippen molar-refractivity contribution in [1.82, 2.24) is 10.9 Å². The van der Waals surface area contributed by atoms with Crippen LogP contribution in [0.15, 0.2) is 40.9 Å². The maximum atomic E-state index is 11.8. The van der Waals surface area contributed by atoms with E-state index in [0.29, 0.717) is 16.3 Å². The Labute approximate surface area is 139 Å². The lowest BCUT2D eigenvalue weighted by Crippen LogP contribution is -2.41. The normalized spacial score (nSPS) is 10.2. The summed E-state index contributed by atoms with van der Waals surface area (Å²) in [6.45, 7) is 0. The molecule has 2 amide bonds. The molecule has 21 heavy (non-hydrogen) atoms. The molecule has 1 heterocycles. The van der Waals surface area contributed by atoms with Gasteiger partial charge < -0.3 is 0 Å². The first-order chi connectivity index (χ1) is 10.0. The first-order valence-electron chi connectivity index (χ1n) is 6.13. The predicted molar refractivity (Wildman–Crippen MR) is 87.4 cm³/mol. The number of hydrazine groups is 1. The van der Waals surface area contributed by atoms with Crippen LogP contribution < -0.4 is 10.9 Å². The van der Waals surface area contributed by atoms with Crippen molar-refractivity contribution in [3.8, 4) is 0 Å². The monoisotopic (exact) mass is 386 g/mol. The zero-order chi connectivity index (χ0) is 15.2. The standard InChI is InChI=1S/C14H12BrClN2O2S/c15-10-3-1-9(2-4-10)14(20)18-17-13(19)8-6-11-5-7-12(16)21-11/h1-5,7H,6,8H2,(H,17,19)(H,18,20). The molecule has 0 saturated heterocycles. The molecule has 0 aliphatic carbocycles. The Morgan fingerprint density at radius 2 is 1.81 bits per heavy atom. The summed E-state index contributed by atoms with van der Waals surface area (Å²) < 4.78 is 1.59. The van der Waals surface area contributed by atoms with E-state index in [1.54, 1.807) is 30.3 Å². The molecule has 0 spiro atoms. The van der Waals surface area contributed by atoms with Gasteiger partial charge in [0.15, 0.2) is 0 Å². The Kier molecular flexibility index (Phi) is 5.78. The molecule has 0 radical (unpaired) electrons. The summed E-state index contributed by atoms with van der Waals surface area (Å²) >= 11 is 10.6. The zero-order valence-corrected chi connectivity index (χ0v) is 14.0. The SMILES string of the molecule is O=C(CCc1ccc(Cl)s1)NNC(=O)c1ccc(Br)cc1. The molecule has 1 aromatic carbocycles. The van der Waals surface area contributed by atoms with Crippen molar-refractivity contribution in [2.75, 3.05) is 0 Å². The number of carbonyl (C=O) groups is 2. The van der Waals surface area contributed by atoms with E-state index in [1.165, 1.54) is 11.3 Å². The molecular weight excluding hydrogens is 376 g/mol. The predicted octanol–water partition coefficient (Wildman–Crippen LogP) is 3.56. The van der Waals surface area contributed by atoms with Crippen molar-refractivity contribution in [2.45, 2.75) is 12.8 Å². The molecule has 1 aromatic heterocycles. The van der Waals surface area contributed by atoms with Crippen molar-refractivity contribution in [3.63, 3.8) is 0 Å². The molecule has 0 atom stereocenters. The van der Waals surface area contributed by atoms with E-state index in [2.05, 4.69) is 26.8 Å². The number of halogens is 2. The summed E-state index contributed by atoms with van der Waals surface area (Å²) in [6, 6.07) is 10.5. The minimum absolute atomic E-state index is 0.245. The van der Waals surface area contributed by atoms with Crippen LogP contribution in [-0.4, -0.2) is 11.8 Å². The van der Waals surface area contributed by atoms with Gasteiger partial charge in [-0.1, -0.05) is 27.5 Å². The Morgan fingerprint density at radius 1 is 1.10 bits per heavy atom. The van der Waals surface area contributed by atoms with Gasteiger partial charge in [-0.3, -0.25) is 20.4 Å². The minimum atomic E-state index is -0.352. The molecule has 2 aromatic rings. The Hall–Kier alpha value is -1.37. The number of benzene rings is 1. The average molecular weight is 388 g/mol. The van der Waals surface area contributed by atoms with Gasteiger partial charge in [-0.05, 0) is 42.8 Å². The van der Waals surface area contributed by atoms with Crippen LogP contribution in [0.1, 0.15) is 21.7 Å². The molecule has 0 unspecified atom stereocenters. The zero-order valence-electron chi connectivity index (χ0n) is 10.9. The highest BCUT2D eigenvalue weighted by Gasteiger charge is 2.08. The minimum Gasteiger partial charge on any atom is -0.273 e. The third-order valence-electron chi connectivity index (χ3n) is 2.65. The van der Waals surface area contributed by atoms with Gasteiger partial charge in [0.1, 0.15) is 0 Å². The van der Waals surface area contributed by atoms with Crippen LogP contribution in [0.25, 0.3) is 0 Å². The Bertz CT molecular complexity index is 643. The highest BCUT2D eigenvalue weighted by atomic mass is 79.9. The lowest BCUT2D eigenvalue weighted by molar-refractivity contribution is -0.121. The van der Waals surface area contributed by atoms with Crippen LogP contribution in [0.4, 0.5) is 0 Å². The highest BCUT2D eigenvalue weighted by molar-refractivity contribution is 9.10. The maximum Gasteiger partial charge on any atom is 0.269 e. The Morgan fingerprint density at radius 3 is 2.43 bits per heavy atom. The van der Waals surface area contributed by atoms with Gasteiger partial charge in [-0.15, -0.1) is 11.3 Å².